The SMILES string of the molecule is N#C/C(=N\Nc1c(Br)cc(C(=O)O)c(F)c1F)C(=N)N. The van der Waals surface area contributed by atoms with Crippen molar-refractivity contribution < 1.29 is 18.7 Å². The van der Waals surface area contributed by atoms with E-state index in [-0.39, 0.29) is 4.47 Å². The number of carbonyl (C=O) groups is 1. The van der Waals surface area contributed by atoms with E-state index in [0.29, 0.717) is 0 Å². The molecule has 0 saturated carbocycles. The smallest absolute Gasteiger partial charge is 0.338 e. The Kier molecular flexibility index (Phi) is 4.71. The molecular weight excluding hydrogens is 340 g/mol. The molecule has 0 saturated heterocycles. The van der Waals surface area contributed by atoms with Gasteiger partial charge in [0, 0.05) is 4.47 Å². The van der Waals surface area contributed by atoms with Crippen LogP contribution in [0.25, 0.3) is 0 Å². The first-order valence-electron chi connectivity index (χ1n) is 4.78. The molecule has 0 amide bonds. The number of halogens is 3. The Morgan fingerprint density at radius 2 is 2.15 bits per heavy atom. The molecular formula is C10H6BrF2N5O2. The molecule has 20 heavy (non-hydrogen) atoms. The van der Waals surface area contributed by atoms with Gasteiger partial charge in [0.2, 0.25) is 5.71 Å². The second-order valence-corrected chi connectivity index (χ2v) is 4.17. The van der Waals surface area contributed by atoms with Crippen LogP contribution in [0.5, 0.6) is 0 Å². The lowest BCUT2D eigenvalue weighted by Crippen LogP contribution is -2.22. The Morgan fingerprint density at radius 3 is 2.60 bits per heavy atom. The van der Waals surface area contributed by atoms with Crippen LogP contribution in [-0.2, 0) is 0 Å². The Bertz CT molecular complexity index is 669. The summed E-state index contributed by atoms with van der Waals surface area (Å²) in [7, 11) is 0. The fraction of sp³-hybridized carbons (Fsp3) is 0. The quantitative estimate of drug-likeness (QED) is 0.284. The molecule has 5 N–H and O–H groups in total. The summed E-state index contributed by atoms with van der Waals surface area (Å²) in [6.45, 7) is 0. The maximum Gasteiger partial charge on any atom is 0.338 e. The maximum absolute atomic E-state index is 13.7. The Hall–Kier alpha value is -2.54. The number of anilines is 1. The van der Waals surface area contributed by atoms with Crippen molar-refractivity contribution in [1.29, 1.82) is 10.7 Å². The van der Waals surface area contributed by atoms with E-state index in [0.717, 1.165) is 6.07 Å². The highest BCUT2D eigenvalue weighted by Crippen LogP contribution is 2.30. The minimum atomic E-state index is -1.64. The summed E-state index contributed by atoms with van der Waals surface area (Å²) >= 11 is 2.84. The Labute approximate surface area is 119 Å². The molecule has 0 atom stereocenters. The number of nitrogens with two attached hydrogens (primary N) is 1. The number of nitriles is 1. The third-order valence-corrected chi connectivity index (χ3v) is 2.65. The van der Waals surface area contributed by atoms with Crippen LogP contribution in [0, 0.1) is 28.4 Å². The first kappa shape index (κ1) is 15.5. The summed E-state index contributed by atoms with van der Waals surface area (Å²) < 4.78 is 27.0. The van der Waals surface area contributed by atoms with Gasteiger partial charge in [0.15, 0.2) is 17.5 Å². The van der Waals surface area contributed by atoms with Gasteiger partial charge in [-0.2, -0.15) is 10.4 Å². The molecule has 0 aliphatic carbocycles. The molecule has 104 valence electrons. The molecule has 1 aromatic carbocycles. The van der Waals surface area contributed by atoms with Crippen LogP contribution in [0.4, 0.5) is 14.5 Å². The fourth-order valence-electron chi connectivity index (χ4n) is 1.11. The minimum absolute atomic E-state index is 0.126. The lowest BCUT2D eigenvalue weighted by Gasteiger charge is -2.08. The van der Waals surface area contributed by atoms with Crippen molar-refractivity contribution >= 4 is 39.1 Å². The predicted octanol–water partition coefficient (Wildman–Crippen LogP) is 1.65. The van der Waals surface area contributed by atoms with E-state index in [1.165, 1.54) is 6.07 Å². The number of rotatable bonds is 4. The van der Waals surface area contributed by atoms with E-state index in [4.69, 9.17) is 21.5 Å². The lowest BCUT2D eigenvalue weighted by molar-refractivity contribution is 0.0690. The molecule has 0 unspecified atom stereocenters. The van der Waals surface area contributed by atoms with Crippen LogP contribution in [-0.4, -0.2) is 22.6 Å². The summed E-state index contributed by atoms with van der Waals surface area (Å²) in [6.07, 6.45) is 0. The summed E-state index contributed by atoms with van der Waals surface area (Å²) in [6, 6.07) is 2.30. The van der Waals surface area contributed by atoms with Gasteiger partial charge >= 0.3 is 5.97 Å². The number of carboxylic acid groups (broad SMARTS) is 1. The largest absolute Gasteiger partial charge is 0.478 e. The third kappa shape index (κ3) is 3.07. The number of hydrogen-bond donors (Lipinski definition) is 4. The van der Waals surface area contributed by atoms with Crippen LogP contribution in [0.2, 0.25) is 0 Å². The third-order valence-electron chi connectivity index (χ3n) is 2.03. The highest BCUT2D eigenvalue weighted by Gasteiger charge is 2.21. The second-order valence-electron chi connectivity index (χ2n) is 3.31. The summed E-state index contributed by atoms with van der Waals surface area (Å²) in [5, 5.41) is 27.6. The van der Waals surface area contributed by atoms with E-state index >= 15 is 0 Å². The number of nitrogens with zero attached hydrogens (tertiary/aromatic N) is 2. The van der Waals surface area contributed by atoms with Gasteiger partial charge in [-0.15, -0.1) is 0 Å². The molecule has 0 bridgehead atoms. The monoisotopic (exact) mass is 345 g/mol. The standard InChI is InChI=1S/C10H6BrF2N5O2/c11-4-1-3(10(19)20)6(12)7(13)8(4)18-17-5(2-14)9(15)16/h1,18H,(H3,15,16)(H,19,20)/b17-5+. The Balaban J connectivity index is 3.29. The molecule has 0 radical (unpaired) electrons. The zero-order valence-corrected chi connectivity index (χ0v) is 11.1. The van der Waals surface area contributed by atoms with Crippen LogP contribution >= 0.6 is 15.9 Å². The van der Waals surface area contributed by atoms with Crippen molar-refractivity contribution in [2.45, 2.75) is 0 Å². The minimum Gasteiger partial charge on any atom is -0.478 e. The number of carboxylic acids is 1. The van der Waals surface area contributed by atoms with Gasteiger partial charge < -0.3 is 10.8 Å². The number of hydrazone groups is 1. The van der Waals surface area contributed by atoms with Crippen molar-refractivity contribution in [3.8, 4) is 6.07 Å². The first-order chi connectivity index (χ1) is 9.29. The van der Waals surface area contributed by atoms with Crippen LogP contribution in [0.15, 0.2) is 15.6 Å². The van der Waals surface area contributed by atoms with E-state index in [9.17, 15) is 13.6 Å². The molecule has 0 spiro atoms. The lowest BCUT2D eigenvalue weighted by atomic mass is 10.2. The zero-order valence-electron chi connectivity index (χ0n) is 9.54. The molecule has 0 heterocycles. The first-order valence-corrected chi connectivity index (χ1v) is 5.57. The average Bonchev–Trinajstić information content (AvgIpc) is 2.37. The van der Waals surface area contributed by atoms with Gasteiger partial charge in [0.05, 0.1) is 5.56 Å². The molecule has 0 aliphatic rings. The number of nitrogens with one attached hydrogen (secondary N) is 2. The molecule has 1 rings (SSSR count). The van der Waals surface area contributed by atoms with Crippen molar-refractivity contribution in [2.24, 2.45) is 10.8 Å². The fourth-order valence-corrected chi connectivity index (χ4v) is 1.60. The van der Waals surface area contributed by atoms with Crippen molar-refractivity contribution in [3.05, 3.63) is 27.7 Å². The highest BCUT2D eigenvalue weighted by atomic mass is 79.9. The summed E-state index contributed by atoms with van der Waals surface area (Å²) in [4.78, 5) is 10.7. The van der Waals surface area contributed by atoms with Crippen molar-refractivity contribution in [1.82, 2.24) is 0 Å². The van der Waals surface area contributed by atoms with E-state index < -0.39 is 40.4 Å². The average molecular weight is 346 g/mol. The highest BCUT2D eigenvalue weighted by molar-refractivity contribution is 9.10. The Morgan fingerprint density at radius 1 is 1.55 bits per heavy atom. The van der Waals surface area contributed by atoms with Gasteiger partial charge in [0.1, 0.15) is 11.8 Å². The molecule has 10 heteroatoms. The zero-order chi connectivity index (χ0) is 15.4. The molecule has 0 aliphatic heterocycles. The van der Waals surface area contributed by atoms with Gasteiger partial charge in [-0.3, -0.25) is 10.8 Å². The van der Waals surface area contributed by atoms with Crippen molar-refractivity contribution in [3.63, 3.8) is 0 Å². The second kappa shape index (κ2) is 6.07. The normalized spacial score (nSPS) is 10.8. The van der Waals surface area contributed by atoms with Gasteiger partial charge in [-0.1, -0.05) is 0 Å². The van der Waals surface area contributed by atoms with Crippen molar-refractivity contribution in [2.75, 3.05) is 5.43 Å². The van der Waals surface area contributed by atoms with Crippen LogP contribution in [0.1, 0.15) is 10.4 Å². The number of benzene rings is 1. The molecule has 0 fully saturated rings. The van der Waals surface area contributed by atoms with E-state index in [1.807, 2.05) is 5.43 Å². The summed E-state index contributed by atoms with van der Waals surface area (Å²) in [5.41, 5.74) is 5.09. The topological polar surface area (TPSA) is 135 Å². The van der Waals surface area contributed by atoms with Crippen LogP contribution < -0.4 is 11.2 Å². The molecule has 1 aromatic rings. The van der Waals surface area contributed by atoms with Gasteiger partial charge in [-0.05, 0) is 22.0 Å². The van der Waals surface area contributed by atoms with E-state index in [1.54, 1.807) is 0 Å². The predicted molar refractivity (Wildman–Crippen MR) is 69.6 cm³/mol. The molecule has 0 aromatic heterocycles. The summed E-state index contributed by atoms with van der Waals surface area (Å²) in [5.74, 6) is -5.39. The van der Waals surface area contributed by atoms with E-state index in [2.05, 4.69) is 21.0 Å². The molecule has 7 nitrogen and oxygen atoms in total. The number of amidine groups is 1. The van der Waals surface area contributed by atoms with Gasteiger partial charge in [-0.25, -0.2) is 13.6 Å². The number of hydrogen-bond acceptors (Lipinski definition) is 5. The number of aromatic carboxylic acids is 1. The maximum atomic E-state index is 13.7. The van der Waals surface area contributed by atoms with Gasteiger partial charge in [0.25, 0.3) is 0 Å². The van der Waals surface area contributed by atoms with Crippen LogP contribution in [0.3, 0.4) is 0 Å².